The van der Waals surface area contributed by atoms with Crippen LogP contribution >= 0.6 is 0 Å². The molecule has 1 aromatic carbocycles. The topological polar surface area (TPSA) is 98.1 Å². The van der Waals surface area contributed by atoms with Gasteiger partial charge in [-0.25, -0.2) is 13.1 Å². The summed E-state index contributed by atoms with van der Waals surface area (Å²) in [6.07, 6.45) is 0.410. The van der Waals surface area contributed by atoms with Crippen molar-refractivity contribution in [1.29, 1.82) is 0 Å². The van der Waals surface area contributed by atoms with Crippen LogP contribution < -0.4 is 10.9 Å². The summed E-state index contributed by atoms with van der Waals surface area (Å²) < 4.78 is 23.9. The van der Waals surface area contributed by atoms with E-state index < -0.39 is 15.7 Å². The summed E-state index contributed by atoms with van der Waals surface area (Å²) in [6.45, 7) is 1.56. The van der Waals surface area contributed by atoms with E-state index in [0.717, 1.165) is 10.1 Å². The third-order valence-corrected chi connectivity index (χ3v) is 5.71. The molecular weight excluding hydrogens is 318 g/mol. The highest BCUT2D eigenvalue weighted by atomic mass is 32.2. The van der Waals surface area contributed by atoms with E-state index in [1.165, 1.54) is 0 Å². The van der Waals surface area contributed by atoms with Crippen molar-refractivity contribution in [3.05, 3.63) is 40.3 Å². The Balaban J connectivity index is 1.80. The van der Waals surface area contributed by atoms with Crippen LogP contribution in [0.5, 0.6) is 0 Å². The number of fused-ring (bicyclic) bond motifs is 1. The molecule has 122 valence electrons. The summed E-state index contributed by atoms with van der Waals surface area (Å²) in [4.78, 5) is 24.5. The Morgan fingerprint density at radius 2 is 2.04 bits per heavy atom. The molecule has 0 radical (unpaired) electrons. The van der Waals surface area contributed by atoms with Crippen molar-refractivity contribution < 1.29 is 13.2 Å². The number of aryl methyl sites for hydroxylation is 1. The van der Waals surface area contributed by atoms with Gasteiger partial charge < -0.3 is 5.32 Å². The Hall–Kier alpha value is -2.22. The van der Waals surface area contributed by atoms with Gasteiger partial charge >= 0.3 is 0 Å². The molecule has 1 atom stereocenters. The normalized spacial score (nSPS) is 19.8. The van der Waals surface area contributed by atoms with Crippen LogP contribution in [-0.4, -0.2) is 41.7 Å². The van der Waals surface area contributed by atoms with E-state index >= 15 is 0 Å². The zero-order valence-electron chi connectivity index (χ0n) is 12.7. The van der Waals surface area contributed by atoms with E-state index in [4.69, 9.17) is 0 Å². The van der Waals surface area contributed by atoms with Crippen molar-refractivity contribution in [2.75, 3.05) is 11.5 Å². The molecule has 1 aliphatic heterocycles. The molecule has 2 heterocycles. The van der Waals surface area contributed by atoms with Gasteiger partial charge in [-0.2, -0.15) is 5.10 Å². The van der Waals surface area contributed by atoms with Gasteiger partial charge in [0.15, 0.2) is 9.84 Å². The fourth-order valence-corrected chi connectivity index (χ4v) is 4.50. The van der Waals surface area contributed by atoms with Gasteiger partial charge in [-0.15, -0.1) is 0 Å². The number of amides is 1. The standard InChI is InChI=1S/C15H17N3O4S/c1-10-12-4-2-3-5-13(12)15(20)18(17-10)8-14(19)16-11-6-7-23(21,22)9-11/h2-5,11H,6-9H2,1H3,(H,16,19)/t11-/m1/s1. The van der Waals surface area contributed by atoms with Crippen LogP contribution in [0.1, 0.15) is 12.1 Å². The second-order valence-corrected chi connectivity index (χ2v) is 7.99. The molecule has 1 N–H and O–H groups in total. The predicted octanol–water partition coefficient (Wildman–Crippen LogP) is 0.00822. The number of benzene rings is 1. The maximum absolute atomic E-state index is 12.4. The van der Waals surface area contributed by atoms with Gasteiger partial charge in [0.2, 0.25) is 5.91 Å². The lowest BCUT2D eigenvalue weighted by molar-refractivity contribution is -0.122. The zero-order valence-corrected chi connectivity index (χ0v) is 13.5. The minimum atomic E-state index is -3.06. The highest BCUT2D eigenvalue weighted by Gasteiger charge is 2.29. The number of hydrogen-bond acceptors (Lipinski definition) is 5. The van der Waals surface area contributed by atoms with Crippen molar-refractivity contribution in [2.45, 2.75) is 25.9 Å². The van der Waals surface area contributed by atoms with E-state index in [1.807, 2.05) is 12.1 Å². The van der Waals surface area contributed by atoms with E-state index in [0.29, 0.717) is 17.5 Å². The van der Waals surface area contributed by atoms with Gasteiger partial charge in [-0.1, -0.05) is 18.2 Å². The molecule has 1 aliphatic rings. The number of aromatic nitrogens is 2. The summed E-state index contributed by atoms with van der Waals surface area (Å²) in [5.41, 5.74) is 0.330. The average Bonchev–Trinajstić information content (AvgIpc) is 2.83. The number of nitrogens with zero attached hydrogens (tertiary/aromatic N) is 2. The summed E-state index contributed by atoms with van der Waals surface area (Å²) in [6, 6.07) is 6.71. The maximum atomic E-state index is 12.4. The first-order valence-corrected chi connectivity index (χ1v) is 9.14. The van der Waals surface area contributed by atoms with Crippen molar-refractivity contribution >= 4 is 26.5 Å². The predicted molar refractivity (Wildman–Crippen MR) is 85.9 cm³/mol. The number of carbonyl (C=O) groups is 1. The molecule has 0 spiro atoms. The quantitative estimate of drug-likeness (QED) is 0.852. The number of nitrogens with one attached hydrogen (secondary N) is 1. The van der Waals surface area contributed by atoms with Crippen LogP contribution in [0.2, 0.25) is 0 Å². The van der Waals surface area contributed by atoms with E-state index in [-0.39, 0.29) is 29.7 Å². The summed E-state index contributed by atoms with van der Waals surface area (Å²) in [5.74, 6) is -0.361. The highest BCUT2D eigenvalue weighted by Crippen LogP contribution is 2.12. The number of rotatable bonds is 3. The Labute approximate surface area is 133 Å². The minimum absolute atomic E-state index is 0.0438. The summed E-state index contributed by atoms with van der Waals surface area (Å²) in [5, 5.41) is 8.10. The van der Waals surface area contributed by atoms with Crippen molar-refractivity contribution in [3.63, 3.8) is 0 Å². The molecule has 0 aliphatic carbocycles. The summed E-state index contributed by atoms with van der Waals surface area (Å²) >= 11 is 0. The third-order valence-electron chi connectivity index (χ3n) is 3.94. The van der Waals surface area contributed by atoms with Gasteiger partial charge in [-0.3, -0.25) is 9.59 Å². The first kappa shape index (κ1) is 15.7. The van der Waals surface area contributed by atoms with Crippen molar-refractivity contribution in [3.8, 4) is 0 Å². The van der Waals surface area contributed by atoms with Crippen LogP contribution in [-0.2, 0) is 21.2 Å². The van der Waals surface area contributed by atoms with Gasteiger partial charge in [0.05, 0.1) is 22.6 Å². The molecule has 23 heavy (non-hydrogen) atoms. The molecule has 1 fully saturated rings. The largest absolute Gasteiger partial charge is 0.351 e. The molecule has 0 unspecified atom stereocenters. The molecule has 3 rings (SSSR count). The van der Waals surface area contributed by atoms with Crippen molar-refractivity contribution in [1.82, 2.24) is 15.1 Å². The molecule has 0 saturated carbocycles. The van der Waals surface area contributed by atoms with Gasteiger partial charge in [0, 0.05) is 11.4 Å². The van der Waals surface area contributed by atoms with E-state index in [1.54, 1.807) is 19.1 Å². The van der Waals surface area contributed by atoms with Crippen LogP contribution in [0.25, 0.3) is 10.8 Å². The zero-order chi connectivity index (χ0) is 16.6. The minimum Gasteiger partial charge on any atom is -0.351 e. The maximum Gasteiger partial charge on any atom is 0.275 e. The Bertz CT molecular complexity index is 933. The third kappa shape index (κ3) is 3.26. The Morgan fingerprint density at radius 1 is 1.35 bits per heavy atom. The van der Waals surface area contributed by atoms with Crippen LogP contribution in [0, 0.1) is 6.92 Å². The molecule has 1 aromatic heterocycles. The number of hydrogen-bond donors (Lipinski definition) is 1. The molecule has 8 heteroatoms. The molecule has 2 aromatic rings. The Morgan fingerprint density at radius 3 is 2.70 bits per heavy atom. The van der Waals surface area contributed by atoms with Crippen LogP contribution in [0.4, 0.5) is 0 Å². The fraction of sp³-hybridized carbons (Fsp3) is 0.400. The first-order chi connectivity index (χ1) is 10.9. The van der Waals surface area contributed by atoms with Crippen LogP contribution in [0.3, 0.4) is 0 Å². The highest BCUT2D eigenvalue weighted by molar-refractivity contribution is 7.91. The monoisotopic (exact) mass is 335 g/mol. The number of carbonyl (C=O) groups excluding carboxylic acids is 1. The smallest absolute Gasteiger partial charge is 0.275 e. The SMILES string of the molecule is Cc1nn(CC(=O)N[C@@H]2CCS(=O)(=O)C2)c(=O)c2ccccc12. The van der Waals surface area contributed by atoms with Gasteiger partial charge in [0.1, 0.15) is 6.54 Å². The number of sulfone groups is 1. The lowest BCUT2D eigenvalue weighted by Crippen LogP contribution is -2.40. The molecule has 0 bridgehead atoms. The van der Waals surface area contributed by atoms with E-state index in [2.05, 4.69) is 10.4 Å². The van der Waals surface area contributed by atoms with Gasteiger partial charge in [-0.05, 0) is 19.4 Å². The molecular formula is C15H17N3O4S. The van der Waals surface area contributed by atoms with Gasteiger partial charge in [0.25, 0.3) is 5.56 Å². The Kier molecular flexibility index (Phi) is 3.93. The van der Waals surface area contributed by atoms with Crippen LogP contribution in [0.15, 0.2) is 29.1 Å². The van der Waals surface area contributed by atoms with Crippen molar-refractivity contribution in [2.24, 2.45) is 0 Å². The molecule has 1 saturated heterocycles. The fourth-order valence-electron chi connectivity index (χ4n) is 2.83. The summed E-state index contributed by atoms with van der Waals surface area (Å²) in [7, 11) is -3.06. The first-order valence-electron chi connectivity index (χ1n) is 7.32. The second kappa shape index (κ2) is 5.77. The van der Waals surface area contributed by atoms with E-state index in [9.17, 15) is 18.0 Å². The lowest BCUT2D eigenvalue weighted by Gasteiger charge is -2.12. The average molecular weight is 335 g/mol. The lowest BCUT2D eigenvalue weighted by atomic mass is 10.1. The second-order valence-electron chi connectivity index (χ2n) is 5.76. The molecule has 7 nitrogen and oxygen atoms in total. The molecule has 1 amide bonds.